The largest absolute Gasteiger partial charge is 0.399 e. The highest BCUT2D eigenvalue weighted by Gasteiger charge is 2.00. The number of nitrogens with two attached hydrogens (primary N) is 1. The smallest absolute Gasteiger partial charge is 0.123 e. The van der Waals surface area contributed by atoms with E-state index < -0.39 is 0 Å². The molecule has 0 radical (unpaired) electrons. The van der Waals surface area contributed by atoms with Crippen molar-refractivity contribution in [2.24, 2.45) is 5.92 Å². The van der Waals surface area contributed by atoms with Gasteiger partial charge in [0.15, 0.2) is 0 Å². The molecule has 12 heavy (non-hydrogen) atoms. The van der Waals surface area contributed by atoms with Crippen molar-refractivity contribution in [3.63, 3.8) is 0 Å². The Morgan fingerprint density at radius 1 is 1.58 bits per heavy atom. The topological polar surface area (TPSA) is 43.1 Å². The van der Waals surface area contributed by atoms with Crippen LogP contribution < -0.4 is 5.73 Å². The van der Waals surface area contributed by atoms with Crippen molar-refractivity contribution >= 4 is 12.0 Å². The van der Waals surface area contributed by atoms with Gasteiger partial charge < -0.3 is 10.5 Å². The number of carbonyl (C=O) groups is 1. The van der Waals surface area contributed by atoms with E-state index in [-0.39, 0.29) is 5.92 Å². The fourth-order valence-corrected chi connectivity index (χ4v) is 1.14. The van der Waals surface area contributed by atoms with E-state index in [2.05, 4.69) is 0 Å². The number of hydrogen-bond donors (Lipinski definition) is 1. The van der Waals surface area contributed by atoms with E-state index in [1.807, 2.05) is 31.2 Å². The highest BCUT2D eigenvalue weighted by molar-refractivity contribution is 5.54. The van der Waals surface area contributed by atoms with E-state index in [9.17, 15) is 4.79 Å². The van der Waals surface area contributed by atoms with E-state index in [4.69, 9.17) is 5.73 Å². The summed E-state index contributed by atoms with van der Waals surface area (Å²) < 4.78 is 0. The molecule has 2 nitrogen and oxygen atoms in total. The first-order chi connectivity index (χ1) is 5.72. The molecule has 1 aromatic rings. The third-order valence-corrected chi connectivity index (χ3v) is 1.74. The van der Waals surface area contributed by atoms with Crippen LogP contribution in [0.4, 0.5) is 5.69 Å². The highest BCUT2D eigenvalue weighted by atomic mass is 16.1. The molecule has 1 atom stereocenters. The number of hydrogen-bond acceptors (Lipinski definition) is 2. The zero-order valence-electron chi connectivity index (χ0n) is 7.16. The lowest BCUT2D eigenvalue weighted by Gasteiger charge is -2.03. The molecule has 0 fully saturated rings. The minimum absolute atomic E-state index is 0.0757. The number of aldehydes is 1. The van der Waals surface area contributed by atoms with Gasteiger partial charge in [-0.1, -0.05) is 19.1 Å². The maximum Gasteiger partial charge on any atom is 0.123 e. The standard InChI is InChI=1S/C10H13NO/c1-8(7-12)5-9-3-2-4-10(11)6-9/h2-4,6-8H,5,11H2,1H3. The lowest BCUT2D eigenvalue weighted by molar-refractivity contribution is -0.110. The van der Waals surface area contributed by atoms with Crippen molar-refractivity contribution in [2.45, 2.75) is 13.3 Å². The van der Waals surface area contributed by atoms with Gasteiger partial charge in [0.05, 0.1) is 0 Å². The van der Waals surface area contributed by atoms with Gasteiger partial charge in [-0.05, 0) is 24.1 Å². The molecule has 64 valence electrons. The summed E-state index contributed by atoms with van der Waals surface area (Å²) in [4.78, 5) is 10.4. The van der Waals surface area contributed by atoms with Gasteiger partial charge in [-0.25, -0.2) is 0 Å². The Morgan fingerprint density at radius 3 is 2.92 bits per heavy atom. The summed E-state index contributed by atoms with van der Waals surface area (Å²) in [6.07, 6.45) is 1.73. The van der Waals surface area contributed by atoms with Gasteiger partial charge in [0.2, 0.25) is 0 Å². The number of anilines is 1. The van der Waals surface area contributed by atoms with Gasteiger partial charge in [-0.15, -0.1) is 0 Å². The predicted octanol–water partition coefficient (Wildman–Crippen LogP) is 1.65. The van der Waals surface area contributed by atoms with E-state index in [0.29, 0.717) is 0 Å². The van der Waals surface area contributed by atoms with Crippen LogP contribution in [0.25, 0.3) is 0 Å². The third kappa shape index (κ3) is 2.38. The van der Waals surface area contributed by atoms with Crippen LogP contribution in [-0.2, 0) is 11.2 Å². The van der Waals surface area contributed by atoms with Crippen LogP contribution >= 0.6 is 0 Å². The molecule has 0 bridgehead atoms. The lowest BCUT2D eigenvalue weighted by atomic mass is 10.0. The Bertz CT molecular complexity index is 270. The predicted molar refractivity (Wildman–Crippen MR) is 49.8 cm³/mol. The summed E-state index contributed by atoms with van der Waals surface area (Å²) in [5.74, 6) is 0.0757. The monoisotopic (exact) mass is 163 g/mol. The normalized spacial score (nSPS) is 12.4. The Morgan fingerprint density at radius 2 is 2.33 bits per heavy atom. The Labute approximate surface area is 72.4 Å². The summed E-state index contributed by atoms with van der Waals surface area (Å²) in [5, 5.41) is 0. The van der Waals surface area contributed by atoms with E-state index in [1.165, 1.54) is 0 Å². The van der Waals surface area contributed by atoms with Crippen LogP contribution in [0.5, 0.6) is 0 Å². The zero-order chi connectivity index (χ0) is 8.97. The van der Waals surface area contributed by atoms with Crippen molar-refractivity contribution in [2.75, 3.05) is 5.73 Å². The van der Waals surface area contributed by atoms with Crippen LogP contribution in [0.2, 0.25) is 0 Å². The number of rotatable bonds is 3. The molecule has 0 amide bonds. The van der Waals surface area contributed by atoms with Crippen LogP contribution in [-0.4, -0.2) is 6.29 Å². The molecular formula is C10H13NO. The first-order valence-corrected chi connectivity index (χ1v) is 4.02. The number of benzene rings is 1. The second-order valence-electron chi connectivity index (χ2n) is 3.06. The van der Waals surface area contributed by atoms with Gasteiger partial charge in [0, 0.05) is 11.6 Å². The molecular weight excluding hydrogens is 150 g/mol. The minimum Gasteiger partial charge on any atom is -0.399 e. The maximum atomic E-state index is 10.4. The van der Waals surface area contributed by atoms with Crippen LogP contribution in [0, 0.1) is 5.92 Å². The van der Waals surface area contributed by atoms with Gasteiger partial charge in [-0.2, -0.15) is 0 Å². The van der Waals surface area contributed by atoms with Gasteiger partial charge >= 0.3 is 0 Å². The Kier molecular flexibility index (Phi) is 2.86. The molecule has 1 rings (SSSR count). The molecule has 0 aliphatic rings. The summed E-state index contributed by atoms with van der Waals surface area (Å²) in [6, 6.07) is 7.63. The van der Waals surface area contributed by atoms with E-state index in [0.717, 1.165) is 24.0 Å². The molecule has 2 heteroatoms. The van der Waals surface area contributed by atoms with Gasteiger partial charge in [-0.3, -0.25) is 0 Å². The first kappa shape index (κ1) is 8.78. The molecule has 0 heterocycles. The molecule has 2 N–H and O–H groups in total. The Balaban J connectivity index is 2.69. The average molecular weight is 163 g/mol. The summed E-state index contributed by atoms with van der Waals surface area (Å²) in [7, 11) is 0. The lowest BCUT2D eigenvalue weighted by Crippen LogP contribution is -2.00. The van der Waals surface area contributed by atoms with E-state index in [1.54, 1.807) is 0 Å². The minimum atomic E-state index is 0.0757. The van der Waals surface area contributed by atoms with Crippen LogP contribution in [0.1, 0.15) is 12.5 Å². The second kappa shape index (κ2) is 3.90. The molecule has 0 aliphatic heterocycles. The summed E-state index contributed by atoms with van der Waals surface area (Å²) >= 11 is 0. The number of carbonyl (C=O) groups excluding carboxylic acids is 1. The van der Waals surface area contributed by atoms with Crippen molar-refractivity contribution in [3.8, 4) is 0 Å². The maximum absolute atomic E-state index is 10.4. The molecule has 0 saturated carbocycles. The summed E-state index contributed by atoms with van der Waals surface area (Å²) in [6.45, 7) is 1.90. The summed E-state index contributed by atoms with van der Waals surface area (Å²) in [5.41, 5.74) is 7.46. The van der Waals surface area contributed by atoms with Crippen LogP contribution in [0.15, 0.2) is 24.3 Å². The zero-order valence-corrected chi connectivity index (χ0v) is 7.16. The first-order valence-electron chi connectivity index (χ1n) is 4.02. The van der Waals surface area contributed by atoms with Gasteiger partial charge in [0.25, 0.3) is 0 Å². The molecule has 1 aromatic carbocycles. The second-order valence-corrected chi connectivity index (χ2v) is 3.06. The number of nitrogen functional groups attached to an aromatic ring is 1. The molecule has 0 saturated heterocycles. The molecule has 0 aliphatic carbocycles. The van der Waals surface area contributed by atoms with Gasteiger partial charge in [0.1, 0.15) is 6.29 Å². The molecule has 0 spiro atoms. The van der Waals surface area contributed by atoms with Crippen LogP contribution in [0.3, 0.4) is 0 Å². The highest BCUT2D eigenvalue weighted by Crippen LogP contribution is 2.10. The molecule has 0 aromatic heterocycles. The quantitative estimate of drug-likeness (QED) is 0.543. The average Bonchev–Trinajstić information content (AvgIpc) is 2.04. The van der Waals surface area contributed by atoms with Crippen molar-refractivity contribution in [3.05, 3.63) is 29.8 Å². The van der Waals surface area contributed by atoms with Crippen molar-refractivity contribution in [1.29, 1.82) is 0 Å². The third-order valence-electron chi connectivity index (χ3n) is 1.74. The molecule has 1 unspecified atom stereocenters. The SMILES string of the molecule is CC(C=O)Cc1cccc(N)c1. The fourth-order valence-electron chi connectivity index (χ4n) is 1.14. The Hall–Kier alpha value is -1.31. The fraction of sp³-hybridized carbons (Fsp3) is 0.300. The van der Waals surface area contributed by atoms with Crippen molar-refractivity contribution < 1.29 is 4.79 Å². The van der Waals surface area contributed by atoms with E-state index >= 15 is 0 Å². The van der Waals surface area contributed by atoms with Crippen molar-refractivity contribution in [1.82, 2.24) is 0 Å².